The summed E-state index contributed by atoms with van der Waals surface area (Å²) in [5, 5.41) is 2.32. The lowest BCUT2D eigenvalue weighted by Crippen LogP contribution is -2.12. The second-order valence-electron chi connectivity index (χ2n) is 4.79. The number of hydrogen-bond donors (Lipinski definition) is 1. The van der Waals surface area contributed by atoms with E-state index < -0.39 is 5.91 Å². The maximum absolute atomic E-state index is 11.4. The van der Waals surface area contributed by atoms with Gasteiger partial charge in [0, 0.05) is 0 Å². The van der Waals surface area contributed by atoms with Gasteiger partial charge in [0.05, 0.1) is 5.56 Å². The molecule has 1 amide bonds. The summed E-state index contributed by atoms with van der Waals surface area (Å²) in [5.74, 6) is 0.0291. The lowest BCUT2D eigenvalue weighted by Gasteiger charge is -2.11. The molecule has 3 rings (SSSR count). The second kappa shape index (κ2) is 5.67. The highest BCUT2D eigenvalue weighted by Crippen LogP contribution is 2.22. The minimum absolute atomic E-state index is 0.394. The molecule has 3 heteroatoms. The van der Waals surface area contributed by atoms with Crippen LogP contribution in [-0.4, -0.2) is 5.91 Å². The van der Waals surface area contributed by atoms with Gasteiger partial charge < -0.3 is 10.5 Å². The molecule has 3 aromatic rings. The number of rotatable bonds is 4. The first-order valence-electron chi connectivity index (χ1n) is 6.74. The summed E-state index contributed by atoms with van der Waals surface area (Å²) in [7, 11) is 0. The smallest absolute Gasteiger partial charge is 0.252 e. The Morgan fingerprint density at radius 1 is 0.905 bits per heavy atom. The molecule has 0 heterocycles. The van der Waals surface area contributed by atoms with Gasteiger partial charge in [0.25, 0.3) is 5.91 Å². The lowest BCUT2D eigenvalue weighted by molar-refractivity contribution is 0.0996. The van der Waals surface area contributed by atoms with Gasteiger partial charge in [-0.15, -0.1) is 0 Å². The predicted molar refractivity (Wildman–Crippen MR) is 83.2 cm³/mol. The zero-order valence-electron chi connectivity index (χ0n) is 11.5. The van der Waals surface area contributed by atoms with E-state index in [1.54, 1.807) is 18.2 Å². The standard InChI is InChI=1S/C18H15NO2/c19-18(20)16-10-3-4-11-17(16)21-12-14-8-5-7-13-6-1-2-9-15(13)14/h1-11H,12H2,(H2,19,20). The topological polar surface area (TPSA) is 52.3 Å². The van der Waals surface area contributed by atoms with E-state index in [0.717, 1.165) is 10.9 Å². The van der Waals surface area contributed by atoms with E-state index >= 15 is 0 Å². The number of carbonyl (C=O) groups excluding carboxylic acids is 1. The Morgan fingerprint density at radius 2 is 1.62 bits per heavy atom. The van der Waals surface area contributed by atoms with Crippen molar-refractivity contribution in [3.8, 4) is 5.75 Å². The number of hydrogen-bond acceptors (Lipinski definition) is 2. The van der Waals surface area contributed by atoms with Gasteiger partial charge in [0.1, 0.15) is 12.4 Å². The summed E-state index contributed by atoms with van der Waals surface area (Å²) < 4.78 is 5.79. The highest BCUT2D eigenvalue weighted by molar-refractivity contribution is 5.95. The van der Waals surface area contributed by atoms with Crippen LogP contribution in [0.4, 0.5) is 0 Å². The molecule has 0 radical (unpaired) electrons. The number of amides is 1. The number of nitrogens with two attached hydrogens (primary N) is 1. The van der Waals surface area contributed by atoms with Crippen LogP contribution in [0.25, 0.3) is 10.8 Å². The number of fused-ring (bicyclic) bond motifs is 1. The number of benzene rings is 3. The van der Waals surface area contributed by atoms with E-state index in [1.165, 1.54) is 5.39 Å². The van der Waals surface area contributed by atoms with Gasteiger partial charge in [0.2, 0.25) is 0 Å². The third kappa shape index (κ3) is 2.72. The molecule has 0 saturated heterocycles. The SMILES string of the molecule is NC(=O)c1ccccc1OCc1cccc2ccccc12. The van der Waals surface area contributed by atoms with Crippen molar-refractivity contribution < 1.29 is 9.53 Å². The molecule has 0 saturated carbocycles. The van der Waals surface area contributed by atoms with Gasteiger partial charge in [-0.05, 0) is 28.5 Å². The van der Waals surface area contributed by atoms with Crippen molar-refractivity contribution in [2.45, 2.75) is 6.61 Å². The summed E-state index contributed by atoms with van der Waals surface area (Å²) in [6.07, 6.45) is 0. The van der Waals surface area contributed by atoms with Crippen LogP contribution in [0.1, 0.15) is 15.9 Å². The Labute approximate surface area is 123 Å². The molecule has 0 aliphatic heterocycles. The van der Waals surface area contributed by atoms with Gasteiger partial charge in [-0.3, -0.25) is 4.79 Å². The number of primary amides is 1. The first-order valence-corrected chi connectivity index (χ1v) is 6.74. The molecule has 0 aliphatic rings. The van der Waals surface area contributed by atoms with E-state index in [9.17, 15) is 4.79 Å². The molecular weight excluding hydrogens is 262 g/mol. The molecule has 0 atom stereocenters. The highest BCUT2D eigenvalue weighted by Gasteiger charge is 2.09. The molecule has 0 spiro atoms. The van der Waals surface area contributed by atoms with Crippen LogP contribution >= 0.6 is 0 Å². The van der Waals surface area contributed by atoms with Crippen molar-refractivity contribution in [3.05, 3.63) is 77.9 Å². The van der Waals surface area contributed by atoms with E-state index in [2.05, 4.69) is 18.2 Å². The van der Waals surface area contributed by atoms with Crippen LogP contribution in [0.3, 0.4) is 0 Å². The van der Waals surface area contributed by atoms with E-state index in [-0.39, 0.29) is 0 Å². The summed E-state index contributed by atoms with van der Waals surface area (Å²) in [5.41, 5.74) is 6.83. The highest BCUT2D eigenvalue weighted by atomic mass is 16.5. The molecular formula is C18H15NO2. The molecule has 104 valence electrons. The lowest BCUT2D eigenvalue weighted by atomic mass is 10.1. The Hall–Kier alpha value is -2.81. The maximum Gasteiger partial charge on any atom is 0.252 e. The summed E-state index contributed by atoms with van der Waals surface area (Å²) in [4.78, 5) is 11.4. The van der Waals surface area contributed by atoms with Crippen molar-refractivity contribution in [2.75, 3.05) is 0 Å². The van der Waals surface area contributed by atoms with Gasteiger partial charge in [0.15, 0.2) is 0 Å². The van der Waals surface area contributed by atoms with E-state index in [1.807, 2.05) is 30.3 Å². The number of ether oxygens (including phenoxy) is 1. The van der Waals surface area contributed by atoms with Crippen molar-refractivity contribution >= 4 is 16.7 Å². The minimum Gasteiger partial charge on any atom is -0.488 e. The zero-order chi connectivity index (χ0) is 14.7. The van der Waals surface area contributed by atoms with Gasteiger partial charge in [-0.2, -0.15) is 0 Å². The van der Waals surface area contributed by atoms with Crippen LogP contribution in [0, 0.1) is 0 Å². The molecule has 0 unspecified atom stereocenters. The van der Waals surface area contributed by atoms with Crippen LogP contribution in [0.2, 0.25) is 0 Å². The van der Waals surface area contributed by atoms with Gasteiger partial charge >= 0.3 is 0 Å². The average molecular weight is 277 g/mol. The molecule has 3 aromatic carbocycles. The third-order valence-electron chi connectivity index (χ3n) is 3.42. The minimum atomic E-state index is -0.483. The van der Waals surface area contributed by atoms with Crippen molar-refractivity contribution in [3.63, 3.8) is 0 Å². The Kier molecular flexibility index (Phi) is 3.56. The maximum atomic E-state index is 11.4. The quantitative estimate of drug-likeness (QED) is 0.793. The van der Waals surface area contributed by atoms with Crippen LogP contribution in [0.5, 0.6) is 5.75 Å². The molecule has 21 heavy (non-hydrogen) atoms. The largest absolute Gasteiger partial charge is 0.488 e. The van der Waals surface area contributed by atoms with Gasteiger partial charge in [-0.1, -0.05) is 54.6 Å². The predicted octanol–water partition coefficient (Wildman–Crippen LogP) is 3.52. The fourth-order valence-corrected chi connectivity index (χ4v) is 2.37. The fraction of sp³-hybridized carbons (Fsp3) is 0.0556. The first kappa shape index (κ1) is 13.2. The van der Waals surface area contributed by atoms with Crippen molar-refractivity contribution in [1.82, 2.24) is 0 Å². The molecule has 3 nitrogen and oxygen atoms in total. The third-order valence-corrected chi connectivity index (χ3v) is 3.42. The molecule has 0 aliphatic carbocycles. The molecule has 2 N–H and O–H groups in total. The zero-order valence-corrected chi connectivity index (χ0v) is 11.5. The number of para-hydroxylation sites is 1. The Bertz CT molecular complexity index is 791. The monoisotopic (exact) mass is 277 g/mol. The van der Waals surface area contributed by atoms with Crippen LogP contribution < -0.4 is 10.5 Å². The molecule has 0 fully saturated rings. The van der Waals surface area contributed by atoms with Crippen molar-refractivity contribution in [1.29, 1.82) is 0 Å². The van der Waals surface area contributed by atoms with Crippen LogP contribution in [0.15, 0.2) is 66.7 Å². The van der Waals surface area contributed by atoms with E-state index in [4.69, 9.17) is 10.5 Å². The normalized spacial score (nSPS) is 10.5. The van der Waals surface area contributed by atoms with Crippen molar-refractivity contribution in [2.24, 2.45) is 5.73 Å². The number of carbonyl (C=O) groups is 1. The Morgan fingerprint density at radius 3 is 2.48 bits per heavy atom. The van der Waals surface area contributed by atoms with Crippen LogP contribution in [-0.2, 0) is 6.61 Å². The van der Waals surface area contributed by atoms with Gasteiger partial charge in [-0.25, -0.2) is 0 Å². The Balaban J connectivity index is 1.89. The van der Waals surface area contributed by atoms with E-state index in [0.29, 0.717) is 17.9 Å². The summed E-state index contributed by atoms with van der Waals surface area (Å²) >= 11 is 0. The summed E-state index contributed by atoms with van der Waals surface area (Å²) in [6.45, 7) is 0.394. The first-order chi connectivity index (χ1) is 10.3. The summed E-state index contributed by atoms with van der Waals surface area (Å²) in [6, 6.07) is 21.2. The fourth-order valence-electron chi connectivity index (χ4n) is 2.37. The average Bonchev–Trinajstić information content (AvgIpc) is 2.53. The second-order valence-corrected chi connectivity index (χ2v) is 4.79. The molecule has 0 bridgehead atoms. The molecule has 0 aromatic heterocycles.